The number of rotatable bonds is 2. The van der Waals surface area contributed by atoms with Gasteiger partial charge in [-0.15, -0.1) is 0 Å². The zero-order valence-corrected chi connectivity index (χ0v) is 8.42. The van der Waals surface area contributed by atoms with E-state index in [4.69, 9.17) is 21.6 Å². The number of nitrogen functional groups attached to an aromatic ring is 1. The highest BCUT2D eigenvalue weighted by Crippen LogP contribution is 2.22. The summed E-state index contributed by atoms with van der Waals surface area (Å²) in [5.74, 6) is -0.0919. The maximum absolute atomic E-state index is 5.58. The number of aromatic nitrogens is 1. The number of benzene rings is 1. The molecule has 0 aliphatic carbocycles. The molecular formula is C10H11N5O. The number of hydrogen-bond acceptors (Lipinski definition) is 4. The van der Waals surface area contributed by atoms with E-state index >= 15 is 0 Å². The van der Waals surface area contributed by atoms with E-state index in [1.165, 1.54) is 6.26 Å². The molecule has 0 amide bonds. The normalized spacial score (nSPS) is 10.0. The summed E-state index contributed by atoms with van der Waals surface area (Å²) in [5, 5.41) is 0. The van der Waals surface area contributed by atoms with Crippen LogP contribution < -0.4 is 17.2 Å². The third-order valence-electron chi connectivity index (χ3n) is 1.92. The molecule has 0 radical (unpaired) electrons. The lowest BCUT2D eigenvalue weighted by Crippen LogP contribution is -2.21. The van der Waals surface area contributed by atoms with Gasteiger partial charge in [-0.25, -0.2) is 0 Å². The number of guanidine groups is 1. The summed E-state index contributed by atoms with van der Waals surface area (Å²) in [6.45, 7) is 0. The van der Waals surface area contributed by atoms with Crippen LogP contribution in [0.3, 0.4) is 0 Å². The quantitative estimate of drug-likeness (QED) is 0.391. The molecule has 6 heteroatoms. The Morgan fingerprint density at radius 2 is 1.88 bits per heavy atom. The summed E-state index contributed by atoms with van der Waals surface area (Å²) in [4.78, 5) is 7.79. The first-order valence-electron chi connectivity index (χ1n) is 4.56. The topological polar surface area (TPSA) is 116 Å². The van der Waals surface area contributed by atoms with Crippen molar-refractivity contribution in [3.05, 3.63) is 30.5 Å². The third kappa shape index (κ3) is 2.11. The number of aliphatic imine (C=N–C) groups is 1. The minimum Gasteiger partial charge on any atom is -0.430 e. The maximum atomic E-state index is 5.58. The molecule has 0 saturated heterocycles. The smallest absolute Gasteiger partial charge is 0.325 e. The van der Waals surface area contributed by atoms with E-state index < -0.39 is 0 Å². The molecule has 0 spiro atoms. The van der Waals surface area contributed by atoms with Gasteiger partial charge in [-0.1, -0.05) is 12.1 Å². The summed E-state index contributed by atoms with van der Waals surface area (Å²) in [7, 11) is 0. The molecule has 0 fully saturated rings. The zero-order chi connectivity index (χ0) is 11.5. The van der Waals surface area contributed by atoms with Gasteiger partial charge in [0.05, 0.1) is 0 Å². The molecule has 1 heterocycles. The van der Waals surface area contributed by atoms with Crippen molar-refractivity contribution in [2.75, 3.05) is 5.73 Å². The Hall–Kier alpha value is -2.50. The van der Waals surface area contributed by atoms with Gasteiger partial charge in [-0.3, -0.25) is 0 Å². The summed E-state index contributed by atoms with van der Waals surface area (Å²) in [6.07, 6.45) is 1.48. The van der Waals surface area contributed by atoms with E-state index in [2.05, 4.69) is 9.98 Å². The van der Waals surface area contributed by atoms with E-state index in [0.717, 1.165) is 5.56 Å². The molecule has 1 aromatic carbocycles. The van der Waals surface area contributed by atoms with Crippen LogP contribution in [-0.2, 0) is 0 Å². The second kappa shape index (κ2) is 3.93. The summed E-state index contributed by atoms with van der Waals surface area (Å²) >= 11 is 0. The molecule has 0 unspecified atom stereocenters. The number of oxazole rings is 1. The number of nitrogens with two attached hydrogens (primary N) is 3. The summed E-state index contributed by atoms with van der Waals surface area (Å²) < 4.78 is 5.07. The van der Waals surface area contributed by atoms with Crippen molar-refractivity contribution < 1.29 is 4.42 Å². The first-order chi connectivity index (χ1) is 7.65. The minimum atomic E-state index is -0.0919. The highest BCUT2D eigenvalue weighted by Gasteiger charge is 2.05. The molecular weight excluding hydrogens is 206 g/mol. The Morgan fingerprint density at radius 3 is 2.50 bits per heavy atom. The lowest BCUT2D eigenvalue weighted by atomic mass is 10.1. The minimum absolute atomic E-state index is 0.0919. The summed E-state index contributed by atoms with van der Waals surface area (Å²) in [5.41, 5.74) is 18.2. The molecule has 0 aliphatic rings. The molecule has 6 N–H and O–H groups in total. The Bertz CT molecular complexity index is 510. The number of anilines is 1. The van der Waals surface area contributed by atoms with E-state index in [-0.39, 0.29) is 12.0 Å². The third-order valence-corrected chi connectivity index (χ3v) is 1.92. The van der Waals surface area contributed by atoms with E-state index in [0.29, 0.717) is 11.4 Å². The number of hydrogen-bond donors (Lipinski definition) is 3. The second-order valence-corrected chi connectivity index (χ2v) is 3.17. The van der Waals surface area contributed by atoms with Gasteiger partial charge < -0.3 is 21.6 Å². The molecule has 0 atom stereocenters. The first kappa shape index (κ1) is 10.0. The van der Waals surface area contributed by atoms with Gasteiger partial charge in [0.15, 0.2) is 5.96 Å². The molecule has 0 aliphatic heterocycles. The lowest BCUT2D eigenvalue weighted by molar-refractivity contribution is 0.570. The molecule has 0 saturated carbocycles. The summed E-state index contributed by atoms with van der Waals surface area (Å²) in [6, 6.07) is 7.37. The maximum Gasteiger partial charge on any atom is 0.325 e. The number of nitrogens with zero attached hydrogens (tertiary/aromatic N) is 2. The average molecular weight is 217 g/mol. The Kier molecular flexibility index (Phi) is 2.47. The van der Waals surface area contributed by atoms with Crippen LogP contribution in [0.2, 0.25) is 0 Å². The fraction of sp³-hybridized carbons (Fsp3) is 0. The van der Waals surface area contributed by atoms with Crippen molar-refractivity contribution in [2.45, 2.75) is 0 Å². The molecule has 16 heavy (non-hydrogen) atoms. The van der Waals surface area contributed by atoms with Crippen LogP contribution in [0, 0.1) is 0 Å². The van der Waals surface area contributed by atoms with Crippen molar-refractivity contribution in [2.24, 2.45) is 16.5 Å². The van der Waals surface area contributed by atoms with Crippen molar-refractivity contribution in [3.63, 3.8) is 0 Å². The van der Waals surface area contributed by atoms with Gasteiger partial charge in [0.2, 0.25) is 0 Å². The van der Waals surface area contributed by atoms with Crippen LogP contribution in [0.25, 0.3) is 11.3 Å². The predicted octanol–water partition coefficient (Wildman–Crippen LogP) is 0.829. The van der Waals surface area contributed by atoms with Crippen molar-refractivity contribution in [1.29, 1.82) is 0 Å². The molecule has 1 aromatic heterocycles. The highest BCUT2D eigenvalue weighted by molar-refractivity contribution is 5.78. The van der Waals surface area contributed by atoms with Gasteiger partial charge in [0, 0.05) is 11.3 Å². The van der Waals surface area contributed by atoms with E-state index in [9.17, 15) is 0 Å². The van der Waals surface area contributed by atoms with Crippen molar-refractivity contribution in [3.8, 4) is 11.3 Å². The highest BCUT2D eigenvalue weighted by atomic mass is 16.4. The van der Waals surface area contributed by atoms with Crippen LogP contribution in [0.15, 0.2) is 39.9 Å². The van der Waals surface area contributed by atoms with Crippen LogP contribution in [0.1, 0.15) is 0 Å². The molecule has 2 aromatic rings. The van der Waals surface area contributed by atoms with Gasteiger partial charge in [0.25, 0.3) is 0 Å². The van der Waals surface area contributed by atoms with Crippen molar-refractivity contribution >= 4 is 17.7 Å². The average Bonchev–Trinajstić information content (AvgIpc) is 2.66. The Labute approximate surface area is 91.8 Å². The monoisotopic (exact) mass is 217 g/mol. The Balaban J connectivity index is 2.31. The lowest BCUT2D eigenvalue weighted by Gasteiger charge is -1.95. The largest absolute Gasteiger partial charge is 0.430 e. The van der Waals surface area contributed by atoms with Crippen LogP contribution >= 0.6 is 0 Å². The van der Waals surface area contributed by atoms with E-state index in [1.807, 2.05) is 12.1 Å². The molecule has 0 bridgehead atoms. The van der Waals surface area contributed by atoms with E-state index in [1.54, 1.807) is 12.1 Å². The van der Waals surface area contributed by atoms with Crippen molar-refractivity contribution in [1.82, 2.24) is 4.98 Å². The standard InChI is InChI=1S/C10H11N5O/c11-7-3-1-6(2-4-7)8-5-16-10(14-8)15-9(12)13/h1-5H,11H2,(H4,12,13,14,15). The fourth-order valence-corrected chi connectivity index (χ4v) is 1.21. The Morgan fingerprint density at radius 1 is 1.19 bits per heavy atom. The predicted molar refractivity (Wildman–Crippen MR) is 61.8 cm³/mol. The molecule has 6 nitrogen and oxygen atoms in total. The first-order valence-corrected chi connectivity index (χ1v) is 4.56. The van der Waals surface area contributed by atoms with Gasteiger partial charge in [0.1, 0.15) is 12.0 Å². The zero-order valence-electron chi connectivity index (χ0n) is 8.42. The van der Waals surface area contributed by atoms with Crippen LogP contribution in [0.5, 0.6) is 0 Å². The van der Waals surface area contributed by atoms with Crippen LogP contribution in [-0.4, -0.2) is 10.9 Å². The molecule has 82 valence electrons. The van der Waals surface area contributed by atoms with Crippen LogP contribution in [0.4, 0.5) is 11.7 Å². The molecule has 2 rings (SSSR count). The van der Waals surface area contributed by atoms with Gasteiger partial charge in [-0.05, 0) is 12.1 Å². The second-order valence-electron chi connectivity index (χ2n) is 3.17. The fourth-order valence-electron chi connectivity index (χ4n) is 1.21. The SMILES string of the molecule is NC(N)=Nc1nc(-c2ccc(N)cc2)co1. The van der Waals surface area contributed by atoms with Gasteiger partial charge >= 0.3 is 6.01 Å². The van der Waals surface area contributed by atoms with Gasteiger partial charge in [-0.2, -0.15) is 9.98 Å².